The van der Waals surface area contributed by atoms with Crippen molar-refractivity contribution in [1.82, 2.24) is 10.6 Å². The third kappa shape index (κ3) is 6.86. The van der Waals surface area contributed by atoms with Crippen LogP contribution in [-0.2, 0) is 4.79 Å². The maximum absolute atomic E-state index is 13.4. The van der Waals surface area contributed by atoms with Gasteiger partial charge in [-0.25, -0.2) is 4.39 Å². The first-order valence-electron chi connectivity index (χ1n) is 6.68. The lowest BCUT2D eigenvalue weighted by Gasteiger charge is -2.08. The van der Waals surface area contributed by atoms with Crippen LogP contribution in [0.5, 0.6) is 5.75 Å². The van der Waals surface area contributed by atoms with Crippen molar-refractivity contribution < 1.29 is 13.9 Å². The van der Waals surface area contributed by atoms with Crippen molar-refractivity contribution >= 4 is 21.8 Å². The Morgan fingerprint density at radius 2 is 2.15 bits per heavy atom. The van der Waals surface area contributed by atoms with Gasteiger partial charge in [0.2, 0.25) is 5.91 Å². The lowest BCUT2D eigenvalue weighted by atomic mass is 10.3. The SMILES string of the molecule is CCCNCCNC(=O)CCOc1ccc(Br)cc1F. The molecule has 0 spiro atoms. The van der Waals surface area contributed by atoms with E-state index in [4.69, 9.17) is 4.74 Å². The van der Waals surface area contributed by atoms with Crippen LogP contribution in [0.3, 0.4) is 0 Å². The van der Waals surface area contributed by atoms with E-state index in [0.717, 1.165) is 19.5 Å². The van der Waals surface area contributed by atoms with Gasteiger partial charge in [-0.2, -0.15) is 0 Å². The van der Waals surface area contributed by atoms with Crippen LogP contribution in [0.25, 0.3) is 0 Å². The number of amides is 1. The summed E-state index contributed by atoms with van der Waals surface area (Å²) in [5.74, 6) is -0.380. The Kier molecular flexibility index (Phi) is 8.22. The molecule has 2 N–H and O–H groups in total. The van der Waals surface area contributed by atoms with Crippen LogP contribution in [0.4, 0.5) is 4.39 Å². The van der Waals surface area contributed by atoms with Crippen LogP contribution in [-0.4, -0.2) is 32.1 Å². The van der Waals surface area contributed by atoms with Gasteiger partial charge in [-0.1, -0.05) is 22.9 Å². The molecule has 0 bridgehead atoms. The highest BCUT2D eigenvalue weighted by molar-refractivity contribution is 9.10. The Morgan fingerprint density at radius 3 is 2.85 bits per heavy atom. The molecule has 0 heterocycles. The van der Waals surface area contributed by atoms with Crippen molar-refractivity contribution in [3.8, 4) is 5.75 Å². The third-order valence-corrected chi connectivity index (χ3v) is 3.02. The zero-order valence-electron chi connectivity index (χ0n) is 11.5. The zero-order valence-corrected chi connectivity index (χ0v) is 13.1. The molecule has 6 heteroatoms. The average Bonchev–Trinajstić information content (AvgIpc) is 2.41. The highest BCUT2D eigenvalue weighted by Gasteiger charge is 2.05. The number of rotatable bonds is 9. The van der Waals surface area contributed by atoms with Gasteiger partial charge in [-0.3, -0.25) is 4.79 Å². The summed E-state index contributed by atoms with van der Waals surface area (Å²) in [6.07, 6.45) is 1.28. The molecular weight excluding hydrogens is 327 g/mol. The Hall–Kier alpha value is -1.14. The minimum Gasteiger partial charge on any atom is -0.490 e. The van der Waals surface area contributed by atoms with Crippen molar-refractivity contribution in [3.63, 3.8) is 0 Å². The van der Waals surface area contributed by atoms with Crippen LogP contribution in [0.15, 0.2) is 22.7 Å². The summed E-state index contributed by atoms with van der Waals surface area (Å²) in [5.41, 5.74) is 0. The second kappa shape index (κ2) is 9.72. The summed E-state index contributed by atoms with van der Waals surface area (Å²) in [5, 5.41) is 5.95. The third-order valence-electron chi connectivity index (χ3n) is 2.53. The number of nitrogens with one attached hydrogen (secondary N) is 2. The van der Waals surface area contributed by atoms with E-state index >= 15 is 0 Å². The number of hydrogen-bond acceptors (Lipinski definition) is 3. The molecule has 0 saturated carbocycles. The number of carbonyl (C=O) groups excluding carboxylic acids is 1. The topological polar surface area (TPSA) is 50.4 Å². The molecule has 4 nitrogen and oxygen atoms in total. The van der Waals surface area contributed by atoms with E-state index in [2.05, 4.69) is 33.5 Å². The molecule has 0 aromatic heterocycles. The van der Waals surface area contributed by atoms with Crippen molar-refractivity contribution in [2.24, 2.45) is 0 Å². The number of carbonyl (C=O) groups is 1. The van der Waals surface area contributed by atoms with Crippen LogP contribution < -0.4 is 15.4 Å². The second-order valence-corrected chi connectivity index (χ2v) is 5.19. The predicted molar refractivity (Wildman–Crippen MR) is 80.4 cm³/mol. The first kappa shape index (κ1) is 16.9. The van der Waals surface area contributed by atoms with E-state index in [1.54, 1.807) is 6.07 Å². The van der Waals surface area contributed by atoms with Gasteiger partial charge in [-0.15, -0.1) is 0 Å². The second-order valence-electron chi connectivity index (χ2n) is 4.27. The molecule has 0 radical (unpaired) electrons. The van der Waals surface area contributed by atoms with Crippen LogP contribution >= 0.6 is 15.9 Å². The molecule has 20 heavy (non-hydrogen) atoms. The number of halogens is 2. The zero-order chi connectivity index (χ0) is 14.8. The van der Waals surface area contributed by atoms with E-state index < -0.39 is 5.82 Å². The van der Waals surface area contributed by atoms with Crippen LogP contribution in [0, 0.1) is 5.82 Å². The average molecular weight is 347 g/mol. The molecule has 1 amide bonds. The van der Waals surface area contributed by atoms with Crippen molar-refractivity contribution in [1.29, 1.82) is 0 Å². The first-order valence-corrected chi connectivity index (χ1v) is 7.48. The lowest BCUT2D eigenvalue weighted by Crippen LogP contribution is -2.32. The Bertz CT molecular complexity index is 430. The summed E-state index contributed by atoms with van der Waals surface area (Å²) in [6, 6.07) is 4.55. The van der Waals surface area contributed by atoms with Crippen LogP contribution in [0.1, 0.15) is 19.8 Å². The van der Waals surface area contributed by atoms with E-state index in [0.29, 0.717) is 11.0 Å². The molecule has 1 aromatic carbocycles. The number of benzene rings is 1. The normalized spacial score (nSPS) is 10.3. The van der Waals surface area contributed by atoms with E-state index in [9.17, 15) is 9.18 Å². The Morgan fingerprint density at radius 1 is 1.35 bits per heavy atom. The fourth-order valence-corrected chi connectivity index (χ4v) is 1.86. The van der Waals surface area contributed by atoms with Gasteiger partial charge in [0.05, 0.1) is 13.0 Å². The highest BCUT2D eigenvalue weighted by atomic mass is 79.9. The highest BCUT2D eigenvalue weighted by Crippen LogP contribution is 2.21. The molecular formula is C14H20BrFN2O2. The minimum absolute atomic E-state index is 0.0965. The maximum atomic E-state index is 13.4. The van der Waals surface area contributed by atoms with Gasteiger partial charge in [0.15, 0.2) is 11.6 Å². The Balaban J connectivity index is 2.15. The van der Waals surface area contributed by atoms with Gasteiger partial charge < -0.3 is 15.4 Å². The van der Waals surface area contributed by atoms with Crippen molar-refractivity contribution in [3.05, 3.63) is 28.5 Å². The standard InChI is InChI=1S/C14H20BrFN2O2/c1-2-6-17-7-8-18-14(19)5-9-20-13-4-3-11(15)10-12(13)16/h3-4,10,17H,2,5-9H2,1H3,(H,18,19). The van der Waals surface area contributed by atoms with Gasteiger partial charge in [0.1, 0.15) is 0 Å². The summed E-state index contributed by atoms with van der Waals surface area (Å²) >= 11 is 3.17. The van der Waals surface area contributed by atoms with Gasteiger partial charge >= 0.3 is 0 Å². The lowest BCUT2D eigenvalue weighted by molar-refractivity contribution is -0.121. The molecule has 0 saturated heterocycles. The smallest absolute Gasteiger partial charge is 0.223 e. The molecule has 0 atom stereocenters. The van der Waals surface area contributed by atoms with Gasteiger partial charge in [-0.05, 0) is 31.2 Å². The number of ether oxygens (including phenoxy) is 1. The summed E-state index contributed by atoms with van der Waals surface area (Å²) < 4.78 is 19.3. The molecule has 112 valence electrons. The maximum Gasteiger partial charge on any atom is 0.223 e. The fraction of sp³-hybridized carbons (Fsp3) is 0.500. The van der Waals surface area contributed by atoms with Gasteiger partial charge in [0, 0.05) is 17.6 Å². The predicted octanol–water partition coefficient (Wildman–Crippen LogP) is 2.47. The molecule has 0 fully saturated rings. The largest absolute Gasteiger partial charge is 0.490 e. The van der Waals surface area contributed by atoms with E-state index in [1.807, 2.05) is 0 Å². The first-order chi connectivity index (χ1) is 9.63. The molecule has 0 aliphatic rings. The summed E-state index contributed by atoms with van der Waals surface area (Å²) in [4.78, 5) is 11.5. The Labute approximate surface area is 127 Å². The van der Waals surface area contributed by atoms with Crippen molar-refractivity contribution in [2.75, 3.05) is 26.2 Å². The summed E-state index contributed by atoms with van der Waals surface area (Å²) in [6.45, 7) is 4.53. The monoisotopic (exact) mass is 346 g/mol. The molecule has 0 aliphatic carbocycles. The fourth-order valence-electron chi connectivity index (χ4n) is 1.53. The minimum atomic E-state index is -0.441. The quantitative estimate of drug-likeness (QED) is 0.675. The van der Waals surface area contributed by atoms with E-state index in [-0.39, 0.29) is 24.7 Å². The number of hydrogen-bond donors (Lipinski definition) is 2. The van der Waals surface area contributed by atoms with Crippen LogP contribution in [0.2, 0.25) is 0 Å². The molecule has 1 aromatic rings. The molecule has 0 unspecified atom stereocenters. The molecule has 0 aliphatic heterocycles. The van der Waals surface area contributed by atoms with Gasteiger partial charge in [0.25, 0.3) is 0 Å². The summed E-state index contributed by atoms with van der Waals surface area (Å²) in [7, 11) is 0. The van der Waals surface area contributed by atoms with E-state index in [1.165, 1.54) is 12.1 Å². The molecule has 1 rings (SSSR count). The van der Waals surface area contributed by atoms with Crippen molar-refractivity contribution in [2.45, 2.75) is 19.8 Å².